The van der Waals surface area contributed by atoms with Gasteiger partial charge in [0.25, 0.3) is 0 Å². The first-order valence-electron chi connectivity index (χ1n) is 5.97. The Balaban J connectivity index is 1.98. The van der Waals surface area contributed by atoms with Crippen molar-refractivity contribution in [1.82, 2.24) is 4.90 Å². The van der Waals surface area contributed by atoms with Crippen molar-refractivity contribution in [2.75, 3.05) is 13.1 Å². The molecular formula is C13H17NO2S. The summed E-state index contributed by atoms with van der Waals surface area (Å²) in [5, 5.41) is 0. The number of hydrogen-bond donors (Lipinski definition) is 0. The van der Waals surface area contributed by atoms with Crippen molar-refractivity contribution in [2.24, 2.45) is 5.92 Å². The lowest BCUT2D eigenvalue weighted by Gasteiger charge is -2.14. The van der Waals surface area contributed by atoms with Crippen molar-refractivity contribution >= 4 is 23.0 Å². The van der Waals surface area contributed by atoms with E-state index in [2.05, 4.69) is 6.92 Å². The summed E-state index contributed by atoms with van der Waals surface area (Å²) in [5.74, 6) is 0.618. The van der Waals surface area contributed by atoms with Gasteiger partial charge in [0.15, 0.2) is 5.78 Å². The highest BCUT2D eigenvalue weighted by Gasteiger charge is 2.29. The van der Waals surface area contributed by atoms with E-state index in [1.807, 2.05) is 19.1 Å². The molecule has 92 valence electrons. The van der Waals surface area contributed by atoms with Crippen molar-refractivity contribution in [3.8, 4) is 0 Å². The highest BCUT2D eigenvalue weighted by molar-refractivity contribution is 7.14. The van der Waals surface area contributed by atoms with Gasteiger partial charge in [0.2, 0.25) is 5.91 Å². The van der Waals surface area contributed by atoms with Crippen LogP contribution >= 0.6 is 11.3 Å². The second kappa shape index (κ2) is 5.00. The molecule has 1 aromatic heterocycles. The van der Waals surface area contributed by atoms with Crippen LogP contribution in [0.3, 0.4) is 0 Å². The van der Waals surface area contributed by atoms with E-state index >= 15 is 0 Å². The number of likely N-dealkylation sites (tertiary alicyclic amines) is 1. The monoisotopic (exact) mass is 251 g/mol. The van der Waals surface area contributed by atoms with E-state index in [4.69, 9.17) is 0 Å². The molecule has 1 unspecified atom stereocenters. The van der Waals surface area contributed by atoms with Crippen LogP contribution < -0.4 is 0 Å². The highest BCUT2D eigenvalue weighted by atomic mass is 32.1. The molecule has 0 spiro atoms. The second-order valence-corrected chi connectivity index (χ2v) is 5.87. The Hall–Kier alpha value is -1.16. The predicted octanol–water partition coefficient (Wildman–Crippen LogP) is 2.50. The number of thiophene rings is 1. The summed E-state index contributed by atoms with van der Waals surface area (Å²) in [4.78, 5) is 27.3. The van der Waals surface area contributed by atoms with Crippen molar-refractivity contribution in [3.05, 3.63) is 21.9 Å². The van der Waals surface area contributed by atoms with Gasteiger partial charge in [-0.05, 0) is 25.0 Å². The molecular weight excluding hydrogens is 234 g/mol. The van der Waals surface area contributed by atoms with Gasteiger partial charge in [-0.15, -0.1) is 11.3 Å². The third-order valence-corrected chi connectivity index (χ3v) is 4.26. The predicted molar refractivity (Wildman–Crippen MR) is 68.4 cm³/mol. The number of rotatable bonds is 4. The largest absolute Gasteiger partial charge is 0.335 e. The smallest absolute Gasteiger partial charge is 0.223 e. The number of Topliss-reactive ketones (excluding diaryl/α,β-unsaturated/α-hetero) is 1. The third-order valence-electron chi connectivity index (χ3n) is 3.22. The molecule has 3 nitrogen and oxygen atoms in total. The average Bonchev–Trinajstić information content (AvgIpc) is 2.86. The SMILES string of the molecule is CCC1CC(=O)N(CC(=O)c2ccc(C)s2)C1. The first-order valence-corrected chi connectivity index (χ1v) is 6.79. The standard InChI is InChI=1S/C13H17NO2S/c1-3-10-6-13(16)14(7-10)8-11(15)12-5-4-9(2)17-12/h4-5,10H,3,6-8H2,1-2H3. The fourth-order valence-corrected chi connectivity index (χ4v) is 2.91. The van der Waals surface area contributed by atoms with E-state index in [-0.39, 0.29) is 18.2 Å². The van der Waals surface area contributed by atoms with E-state index in [9.17, 15) is 9.59 Å². The number of ketones is 1. The minimum Gasteiger partial charge on any atom is -0.335 e. The van der Waals surface area contributed by atoms with Crippen LogP contribution in [0, 0.1) is 12.8 Å². The van der Waals surface area contributed by atoms with Gasteiger partial charge in [-0.1, -0.05) is 13.3 Å². The number of amides is 1. The van der Waals surface area contributed by atoms with Gasteiger partial charge in [-0.25, -0.2) is 0 Å². The fourth-order valence-electron chi connectivity index (χ4n) is 2.12. The van der Waals surface area contributed by atoms with Gasteiger partial charge in [0.1, 0.15) is 0 Å². The second-order valence-electron chi connectivity index (χ2n) is 4.59. The minimum absolute atomic E-state index is 0.0632. The maximum atomic E-state index is 12.0. The number of nitrogens with zero attached hydrogens (tertiary/aromatic N) is 1. The highest BCUT2D eigenvalue weighted by Crippen LogP contribution is 2.22. The Morgan fingerprint density at radius 2 is 2.29 bits per heavy atom. The van der Waals surface area contributed by atoms with Crippen LogP contribution in [-0.4, -0.2) is 29.7 Å². The first-order chi connectivity index (χ1) is 8.10. The Labute approximate surface area is 105 Å². The molecule has 17 heavy (non-hydrogen) atoms. The van der Waals surface area contributed by atoms with Crippen LogP contribution in [0.1, 0.15) is 34.3 Å². The number of carbonyl (C=O) groups is 2. The number of carbonyl (C=O) groups excluding carboxylic acids is 2. The van der Waals surface area contributed by atoms with E-state index < -0.39 is 0 Å². The molecule has 4 heteroatoms. The van der Waals surface area contributed by atoms with Crippen molar-refractivity contribution in [3.63, 3.8) is 0 Å². The van der Waals surface area contributed by atoms with Gasteiger partial charge in [-0.3, -0.25) is 9.59 Å². The summed E-state index contributed by atoms with van der Waals surface area (Å²) >= 11 is 1.50. The first kappa shape index (κ1) is 12.3. The molecule has 0 bridgehead atoms. The molecule has 0 saturated carbocycles. The summed E-state index contributed by atoms with van der Waals surface area (Å²) in [6, 6.07) is 3.79. The van der Waals surface area contributed by atoms with Crippen molar-refractivity contribution in [2.45, 2.75) is 26.7 Å². The zero-order valence-corrected chi connectivity index (χ0v) is 11.0. The van der Waals surface area contributed by atoms with Crippen LogP contribution in [0.15, 0.2) is 12.1 Å². The van der Waals surface area contributed by atoms with Gasteiger partial charge in [0.05, 0.1) is 11.4 Å². The van der Waals surface area contributed by atoms with Crippen LogP contribution in [0.25, 0.3) is 0 Å². The molecule has 0 radical (unpaired) electrons. The van der Waals surface area contributed by atoms with Crippen LogP contribution in [0.2, 0.25) is 0 Å². The quantitative estimate of drug-likeness (QED) is 0.771. The lowest BCUT2D eigenvalue weighted by molar-refractivity contribution is -0.127. The third kappa shape index (κ3) is 2.75. The summed E-state index contributed by atoms with van der Waals surface area (Å²) in [6.45, 7) is 5.06. The average molecular weight is 251 g/mol. The maximum absolute atomic E-state index is 12.0. The molecule has 0 aliphatic carbocycles. The Bertz CT molecular complexity index is 438. The van der Waals surface area contributed by atoms with Crippen molar-refractivity contribution < 1.29 is 9.59 Å². The molecule has 0 N–H and O–H groups in total. The number of aryl methyl sites for hydroxylation is 1. The fraction of sp³-hybridized carbons (Fsp3) is 0.538. The van der Waals surface area contributed by atoms with Crippen molar-refractivity contribution in [1.29, 1.82) is 0 Å². The van der Waals surface area contributed by atoms with Gasteiger partial charge in [-0.2, -0.15) is 0 Å². The Morgan fingerprint density at radius 1 is 1.53 bits per heavy atom. The lowest BCUT2D eigenvalue weighted by Crippen LogP contribution is -2.31. The van der Waals surface area contributed by atoms with E-state index in [1.165, 1.54) is 11.3 Å². The van der Waals surface area contributed by atoms with Gasteiger partial charge < -0.3 is 4.90 Å². The van der Waals surface area contributed by atoms with E-state index in [1.54, 1.807) is 4.90 Å². The topological polar surface area (TPSA) is 37.4 Å². The molecule has 1 saturated heterocycles. The summed E-state index contributed by atoms with van der Waals surface area (Å²) < 4.78 is 0. The molecule has 1 aliphatic rings. The van der Waals surface area contributed by atoms with Gasteiger partial charge >= 0.3 is 0 Å². The molecule has 2 rings (SSSR count). The zero-order chi connectivity index (χ0) is 12.4. The Morgan fingerprint density at radius 3 is 2.82 bits per heavy atom. The minimum atomic E-state index is 0.0632. The van der Waals surface area contributed by atoms with Crippen LogP contribution in [-0.2, 0) is 4.79 Å². The molecule has 2 heterocycles. The summed E-state index contributed by atoms with van der Waals surface area (Å²) in [7, 11) is 0. The molecule has 0 aromatic carbocycles. The lowest BCUT2D eigenvalue weighted by atomic mass is 10.1. The number of hydrogen-bond acceptors (Lipinski definition) is 3. The summed E-state index contributed by atoms with van der Waals surface area (Å²) in [5.41, 5.74) is 0. The molecule has 1 amide bonds. The molecule has 1 aromatic rings. The van der Waals surface area contributed by atoms with E-state index in [0.717, 1.165) is 22.7 Å². The van der Waals surface area contributed by atoms with Crippen LogP contribution in [0.5, 0.6) is 0 Å². The van der Waals surface area contributed by atoms with Crippen LogP contribution in [0.4, 0.5) is 0 Å². The summed E-state index contributed by atoms with van der Waals surface area (Å²) in [6.07, 6.45) is 1.61. The van der Waals surface area contributed by atoms with E-state index in [0.29, 0.717) is 12.3 Å². The van der Waals surface area contributed by atoms with Gasteiger partial charge in [0, 0.05) is 17.8 Å². The molecule has 1 aliphatic heterocycles. The zero-order valence-electron chi connectivity index (χ0n) is 10.2. The molecule has 1 fully saturated rings. The normalized spacial score (nSPS) is 20.0. The molecule has 1 atom stereocenters. The maximum Gasteiger partial charge on any atom is 0.223 e. The Kier molecular flexibility index (Phi) is 3.62.